The molecule has 130 valence electrons. The Balaban J connectivity index is 1.57. The van der Waals surface area contributed by atoms with Crippen LogP contribution < -0.4 is 15.5 Å². The van der Waals surface area contributed by atoms with Crippen LogP contribution in [0.25, 0.3) is 0 Å². The SMILES string of the molecule is C[C@H](CNC(=O)Nc1ccccc1[N+](=O)[O-])N1CCc2ccccc21. The Morgan fingerprint density at radius 1 is 1.24 bits per heavy atom. The molecule has 0 bridgehead atoms. The number of benzene rings is 2. The Hall–Kier alpha value is -3.09. The number of rotatable bonds is 5. The molecular formula is C18H20N4O3. The van der Waals surface area contributed by atoms with Gasteiger partial charge in [-0.3, -0.25) is 10.1 Å². The summed E-state index contributed by atoms with van der Waals surface area (Å²) < 4.78 is 0. The molecule has 1 heterocycles. The maximum absolute atomic E-state index is 12.1. The molecule has 0 radical (unpaired) electrons. The number of nitro groups is 1. The van der Waals surface area contributed by atoms with Gasteiger partial charge in [0.2, 0.25) is 0 Å². The zero-order chi connectivity index (χ0) is 17.8. The van der Waals surface area contributed by atoms with Gasteiger partial charge in [-0.25, -0.2) is 4.79 Å². The fourth-order valence-corrected chi connectivity index (χ4v) is 3.08. The van der Waals surface area contributed by atoms with E-state index in [1.165, 1.54) is 23.4 Å². The molecule has 3 rings (SSSR count). The maximum atomic E-state index is 12.1. The zero-order valence-corrected chi connectivity index (χ0v) is 13.9. The second kappa shape index (κ2) is 7.21. The van der Waals surface area contributed by atoms with Gasteiger partial charge in [0.25, 0.3) is 5.69 Å². The number of carbonyl (C=O) groups is 1. The van der Waals surface area contributed by atoms with Crippen molar-refractivity contribution in [2.75, 3.05) is 23.3 Å². The molecule has 0 aromatic heterocycles. The van der Waals surface area contributed by atoms with Gasteiger partial charge in [-0.05, 0) is 31.0 Å². The third-order valence-electron chi connectivity index (χ3n) is 4.36. The van der Waals surface area contributed by atoms with Gasteiger partial charge in [0, 0.05) is 30.9 Å². The number of carbonyl (C=O) groups excluding carboxylic acids is 1. The van der Waals surface area contributed by atoms with Crippen molar-refractivity contribution in [3.63, 3.8) is 0 Å². The predicted molar refractivity (Wildman–Crippen MR) is 97.1 cm³/mol. The lowest BCUT2D eigenvalue weighted by molar-refractivity contribution is -0.383. The standard InChI is InChI=1S/C18H20N4O3/c1-13(21-11-10-14-6-2-4-8-16(14)21)12-19-18(23)20-15-7-3-5-9-17(15)22(24)25/h2-9,13H,10-12H2,1H3,(H2,19,20,23)/t13-/m1/s1. The molecule has 0 spiro atoms. The lowest BCUT2D eigenvalue weighted by Gasteiger charge is -2.27. The summed E-state index contributed by atoms with van der Waals surface area (Å²) in [6.07, 6.45) is 1.00. The van der Waals surface area contributed by atoms with Crippen LogP contribution in [-0.4, -0.2) is 30.1 Å². The highest BCUT2D eigenvalue weighted by Gasteiger charge is 2.23. The van der Waals surface area contributed by atoms with Gasteiger partial charge in [0.15, 0.2) is 0 Å². The summed E-state index contributed by atoms with van der Waals surface area (Å²) in [7, 11) is 0. The molecule has 2 aromatic rings. The van der Waals surface area contributed by atoms with Gasteiger partial charge in [-0.2, -0.15) is 0 Å². The van der Waals surface area contributed by atoms with Crippen molar-refractivity contribution in [1.29, 1.82) is 0 Å². The number of hydrogen-bond donors (Lipinski definition) is 2. The fraction of sp³-hybridized carbons (Fsp3) is 0.278. The van der Waals surface area contributed by atoms with Crippen LogP contribution in [0.2, 0.25) is 0 Å². The van der Waals surface area contributed by atoms with E-state index in [-0.39, 0.29) is 17.4 Å². The van der Waals surface area contributed by atoms with Gasteiger partial charge in [0.05, 0.1) is 4.92 Å². The van der Waals surface area contributed by atoms with Gasteiger partial charge >= 0.3 is 6.03 Å². The first kappa shape index (κ1) is 16.8. The number of nitro benzene ring substituents is 1. The van der Waals surface area contributed by atoms with E-state index in [1.54, 1.807) is 12.1 Å². The van der Waals surface area contributed by atoms with Crippen LogP contribution >= 0.6 is 0 Å². The molecule has 7 heteroatoms. The second-order valence-corrected chi connectivity index (χ2v) is 6.03. The minimum atomic E-state index is -0.514. The van der Waals surface area contributed by atoms with E-state index in [4.69, 9.17) is 0 Å². The molecule has 0 saturated heterocycles. The van der Waals surface area contributed by atoms with Crippen LogP contribution in [0, 0.1) is 10.1 Å². The summed E-state index contributed by atoms with van der Waals surface area (Å²) in [5.41, 5.74) is 2.58. The van der Waals surface area contributed by atoms with E-state index in [0.717, 1.165) is 13.0 Å². The molecule has 0 aliphatic carbocycles. The van der Waals surface area contributed by atoms with Crippen LogP contribution in [0.15, 0.2) is 48.5 Å². The van der Waals surface area contributed by atoms with Crippen LogP contribution in [0.5, 0.6) is 0 Å². The third-order valence-corrected chi connectivity index (χ3v) is 4.36. The van der Waals surface area contributed by atoms with E-state index in [2.05, 4.69) is 27.7 Å². The molecule has 25 heavy (non-hydrogen) atoms. The first-order chi connectivity index (χ1) is 12.1. The summed E-state index contributed by atoms with van der Waals surface area (Å²) in [6.45, 7) is 3.42. The van der Waals surface area contributed by atoms with Gasteiger partial charge in [-0.1, -0.05) is 30.3 Å². The fourth-order valence-electron chi connectivity index (χ4n) is 3.08. The number of amides is 2. The minimum absolute atomic E-state index is 0.125. The Morgan fingerprint density at radius 3 is 2.76 bits per heavy atom. The van der Waals surface area contributed by atoms with Crippen LogP contribution in [0.4, 0.5) is 21.9 Å². The molecule has 2 N–H and O–H groups in total. The van der Waals surface area contributed by atoms with Crippen molar-refractivity contribution in [1.82, 2.24) is 5.32 Å². The Labute approximate surface area is 145 Å². The Kier molecular flexibility index (Phi) is 4.83. The van der Waals surface area contributed by atoms with Crippen molar-refractivity contribution in [3.8, 4) is 0 Å². The highest BCUT2D eigenvalue weighted by Crippen LogP contribution is 2.29. The number of nitrogens with one attached hydrogen (secondary N) is 2. The number of nitrogens with zero attached hydrogens (tertiary/aromatic N) is 2. The normalized spacial score (nSPS) is 13.9. The molecule has 0 fully saturated rings. The van der Waals surface area contributed by atoms with Gasteiger partial charge in [-0.15, -0.1) is 0 Å². The van der Waals surface area contributed by atoms with Gasteiger partial charge in [0.1, 0.15) is 5.69 Å². The number of hydrogen-bond acceptors (Lipinski definition) is 4. The summed E-state index contributed by atoms with van der Waals surface area (Å²) in [6, 6.07) is 14.0. The van der Waals surface area contributed by atoms with Gasteiger partial charge < -0.3 is 15.5 Å². The van der Waals surface area contributed by atoms with E-state index in [0.29, 0.717) is 6.54 Å². The molecule has 2 amide bonds. The van der Waals surface area contributed by atoms with E-state index >= 15 is 0 Å². The maximum Gasteiger partial charge on any atom is 0.319 e. The quantitative estimate of drug-likeness (QED) is 0.646. The molecule has 1 aliphatic heterocycles. The molecule has 2 aromatic carbocycles. The average Bonchev–Trinajstić information content (AvgIpc) is 3.04. The van der Waals surface area contributed by atoms with Crippen molar-refractivity contribution in [3.05, 3.63) is 64.2 Å². The molecule has 0 saturated carbocycles. The lowest BCUT2D eigenvalue weighted by atomic mass is 10.2. The summed E-state index contributed by atoms with van der Waals surface area (Å²) in [5.74, 6) is 0. The molecule has 1 atom stereocenters. The van der Waals surface area contributed by atoms with E-state index in [9.17, 15) is 14.9 Å². The highest BCUT2D eigenvalue weighted by molar-refractivity contribution is 5.91. The summed E-state index contributed by atoms with van der Waals surface area (Å²) in [4.78, 5) is 24.8. The monoisotopic (exact) mass is 340 g/mol. The van der Waals surface area contributed by atoms with E-state index in [1.807, 2.05) is 19.1 Å². The van der Waals surface area contributed by atoms with Crippen LogP contribution in [-0.2, 0) is 6.42 Å². The smallest absolute Gasteiger partial charge is 0.319 e. The Bertz CT molecular complexity index is 793. The lowest BCUT2D eigenvalue weighted by Crippen LogP contribution is -2.42. The largest absolute Gasteiger partial charge is 0.366 e. The minimum Gasteiger partial charge on any atom is -0.366 e. The second-order valence-electron chi connectivity index (χ2n) is 6.03. The van der Waals surface area contributed by atoms with Crippen molar-refractivity contribution in [2.24, 2.45) is 0 Å². The number of anilines is 2. The van der Waals surface area contributed by atoms with Crippen LogP contribution in [0.1, 0.15) is 12.5 Å². The van der Waals surface area contributed by atoms with Crippen molar-refractivity contribution < 1.29 is 9.72 Å². The average molecular weight is 340 g/mol. The predicted octanol–water partition coefficient (Wildman–Crippen LogP) is 3.17. The first-order valence-electron chi connectivity index (χ1n) is 8.19. The summed E-state index contributed by atoms with van der Waals surface area (Å²) in [5, 5.41) is 16.3. The molecular weight excluding hydrogens is 320 g/mol. The number of urea groups is 1. The zero-order valence-electron chi connectivity index (χ0n) is 13.9. The third kappa shape index (κ3) is 3.71. The molecule has 0 unspecified atom stereocenters. The van der Waals surface area contributed by atoms with Crippen LogP contribution in [0.3, 0.4) is 0 Å². The molecule has 1 aliphatic rings. The number of para-hydroxylation sites is 3. The molecule has 7 nitrogen and oxygen atoms in total. The number of fused-ring (bicyclic) bond motifs is 1. The summed E-state index contributed by atoms with van der Waals surface area (Å²) >= 11 is 0. The topological polar surface area (TPSA) is 87.5 Å². The first-order valence-corrected chi connectivity index (χ1v) is 8.19. The highest BCUT2D eigenvalue weighted by atomic mass is 16.6. The van der Waals surface area contributed by atoms with Crippen molar-refractivity contribution >= 4 is 23.1 Å². The van der Waals surface area contributed by atoms with E-state index < -0.39 is 11.0 Å². The van der Waals surface area contributed by atoms with Crippen molar-refractivity contribution in [2.45, 2.75) is 19.4 Å². The Morgan fingerprint density at radius 2 is 1.96 bits per heavy atom.